The van der Waals surface area contributed by atoms with E-state index in [1.807, 2.05) is 0 Å². The molecule has 33 heavy (non-hydrogen) atoms. The van der Waals surface area contributed by atoms with Gasteiger partial charge in [0.2, 0.25) is 0 Å². The molecule has 0 saturated carbocycles. The maximum atomic E-state index is 12.0. The van der Waals surface area contributed by atoms with Gasteiger partial charge in [-0.1, -0.05) is 6.08 Å². The number of esters is 2. The molecule has 0 bridgehead atoms. The lowest BCUT2D eigenvalue weighted by molar-refractivity contribution is -0.457. The molecule has 2 fully saturated rings. The number of carbonyl (C=O) groups is 2. The average molecular weight is 464 g/mol. The molecule has 0 radical (unpaired) electrons. The van der Waals surface area contributed by atoms with E-state index in [0.29, 0.717) is 23.5 Å². The van der Waals surface area contributed by atoms with Gasteiger partial charge in [0, 0.05) is 13.8 Å². The van der Waals surface area contributed by atoms with Crippen LogP contribution in [0, 0.1) is 0 Å². The highest BCUT2D eigenvalue weighted by Gasteiger charge is 2.59. The molecule has 0 N–H and O–H groups in total. The predicted octanol–water partition coefficient (Wildman–Crippen LogP) is 1.97. The highest BCUT2D eigenvalue weighted by atomic mass is 16.9. The fraction of sp³-hybridized carbons (Fsp3) is 0.565. The third-order valence-electron chi connectivity index (χ3n) is 5.82. The molecular weight excluding hydrogens is 436 g/mol. The second-order valence-electron chi connectivity index (χ2n) is 7.99. The number of carbonyl (C=O) groups excluding carboxylic acids is 2. The maximum absolute atomic E-state index is 12.0. The minimum absolute atomic E-state index is 0.0939. The zero-order chi connectivity index (χ0) is 23.8. The summed E-state index contributed by atoms with van der Waals surface area (Å²) >= 11 is 0. The minimum atomic E-state index is -1.57. The van der Waals surface area contributed by atoms with Crippen molar-refractivity contribution in [2.75, 3.05) is 20.8 Å². The van der Waals surface area contributed by atoms with Gasteiger partial charge in [-0.2, -0.15) is 0 Å². The summed E-state index contributed by atoms with van der Waals surface area (Å²) in [4.78, 5) is 23.8. The Hall–Kier alpha value is -2.66. The number of fused-ring (bicyclic) bond motifs is 3. The molecule has 0 amide bonds. The molecule has 1 spiro atoms. The van der Waals surface area contributed by atoms with E-state index in [2.05, 4.69) is 6.58 Å². The van der Waals surface area contributed by atoms with Crippen molar-refractivity contribution in [2.45, 2.75) is 63.4 Å². The van der Waals surface area contributed by atoms with Crippen molar-refractivity contribution in [1.82, 2.24) is 0 Å². The molecule has 3 aliphatic rings. The summed E-state index contributed by atoms with van der Waals surface area (Å²) in [7, 11) is 3.08. The first kappa shape index (κ1) is 23.5. The largest absolute Gasteiger partial charge is 0.493 e. The van der Waals surface area contributed by atoms with Gasteiger partial charge in [0.25, 0.3) is 0 Å². The molecule has 0 aliphatic carbocycles. The number of hydrogen-bond donors (Lipinski definition) is 0. The summed E-state index contributed by atoms with van der Waals surface area (Å²) in [5, 5.41) is 0. The molecule has 1 aromatic rings. The Morgan fingerprint density at radius 2 is 1.76 bits per heavy atom. The Morgan fingerprint density at radius 1 is 1.09 bits per heavy atom. The SMILES string of the molecule is C=CC[C@H]1O[C@@H]2CO[C@]3(OCc4cc(OC)c(OC)cc43)O[C@H]2[C@H](OC(C)=O)[C@H]1OC(C)=O. The van der Waals surface area contributed by atoms with Gasteiger partial charge in [0.05, 0.1) is 33.0 Å². The molecule has 10 nitrogen and oxygen atoms in total. The average Bonchev–Trinajstić information content (AvgIpc) is 3.11. The molecule has 4 rings (SSSR count). The lowest BCUT2D eigenvalue weighted by Crippen LogP contribution is -2.66. The normalized spacial score (nSPS) is 32.4. The number of hydrogen-bond acceptors (Lipinski definition) is 10. The van der Waals surface area contributed by atoms with Gasteiger partial charge in [-0.25, -0.2) is 0 Å². The van der Waals surface area contributed by atoms with E-state index in [-0.39, 0.29) is 13.2 Å². The van der Waals surface area contributed by atoms with Crippen molar-refractivity contribution < 1.29 is 47.5 Å². The van der Waals surface area contributed by atoms with E-state index in [9.17, 15) is 9.59 Å². The molecule has 3 aliphatic heterocycles. The Balaban J connectivity index is 1.70. The molecule has 0 unspecified atom stereocenters. The third-order valence-corrected chi connectivity index (χ3v) is 5.82. The summed E-state index contributed by atoms with van der Waals surface area (Å²) < 4.78 is 46.4. The molecule has 10 heteroatoms. The Kier molecular flexibility index (Phi) is 6.62. The van der Waals surface area contributed by atoms with Crippen LogP contribution in [0.3, 0.4) is 0 Å². The van der Waals surface area contributed by atoms with Gasteiger partial charge in [-0.15, -0.1) is 6.58 Å². The summed E-state index contributed by atoms with van der Waals surface area (Å²) in [6, 6.07) is 3.53. The van der Waals surface area contributed by atoms with Crippen molar-refractivity contribution in [3.8, 4) is 11.5 Å². The van der Waals surface area contributed by atoms with Crippen LogP contribution in [-0.2, 0) is 50.6 Å². The topological polar surface area (TPSA) is 108 Å². The molecule has 2 saturated heterocycles. The fourth-order valence-electron chi connectivity index (χ4n) is 4.48. The number of methoxy groups -OCH3 is 2. The Labute approximate surface area is 191 Å². The number of benzene rings is 1. The van der Waals surface area contributed by atoms with Gasteiger partial charge in [-0.3, -0.25) is 9.59 Å². The molecular formula is C23H28O10. The van der Waals surface area contributed by atoms with Crippen LogP contribution in [0.1, 0.15) is 31.4 Å². The first-order valence-corrected chi connectivity index (χ1v) is 10.6. The summed E-state index contributed by atoms with van der Waals surface area (Å²) in [5.41, 5.74) is 1.41. The van der Waals surface area contributed by atoms with E-state index in [1.165, 1.54) is 21.0 Å². The van der Waals surface area contributed by atoms with Crippen LogP contribution in [0.15, 0.2) is 24.8 Å². The van der Waals surface area contributed by atoms with Crippen LogP contribution in [0.5, 0.6) is 11.5 Å². The zero-order valence-electron chi connectivity index (χ0n) is 19.0. The molecule has 3 heterocycles. The van der Waals surface area contributed by atoms with Crippen molar-refractivity contribution in [1.29, 1.82) is 0 Å². The van der Waals surface area contributed by atoms with Crippen molar-refractivity contribution in [3.05, 3.63) is 35.9 Å². The second kappa shape index (κ2) is 9.30. The number of rotatable bonds is 6. The maximum Gasteiger partial charge on any atom is 0.313 e. The van der Waals surface area contributed by atoms with Crippen molar-refractivity contribution >= 4 is 11.9 Å². The second-order valence-corrected chi connectivity index (χ2v) is 7.99. The summed E-state index contributed by atoms with van der Waals surface area (Å²) in [6.45, 7) is 6.60. The summed E-state index contributed by atoms with van der Waals surface area (Å²) in [6.07, 6.45) is -1.82. The molecule has 180 valence electrons. The Morgan fingerprint density at radius 3 is 2.39 bits per heavy atom. The van der Waals surface area contributed by atoms with E-state index in [4.69, 9.17) is 37.9 Å². The van der Waals surface area contributed by atoms with Gasteiger partial charge in [0.15, 0.2) is 23.7 Å². The van der Waals surface area contributed by atoms with Crippen LogP contribution in [0.25, 0.3) is 0 Å². The van der Waals surface area contributed by atoms with Crippen LogP contribution in [-0.4, -0.2) is 63.3 Å². The van der Waals surface area contributed by atoms with Crippen LogP contribution in [0.4, 0.5) is 0 Å². The molecule has 6 atom stereocenters. The van der Waals surface area contributed by atoms with Crippen LogP contribution < -0.4 is 9.47 Å². The molecule has 0 aromatic heterocycles. The minimum Gasteiger partial charge on any atom is -0.493 e. The van der Waals surface area contributed by atoms with Gasteiger partial charge < -0.3 is 37.9 Å². The third kappa shape index (κ3) is 4.31. The van der Waals surface area contributed by atoms with Crippen molar-refractivity contribution in [3.63, 3.8) is 0 Å². The highest BCUT2D eigenvalue weighted by Crippen LogP contribution is 2.48. The zero-order valence-corrected chi connectivity index (χ0v) is 19.0. The van der Waals surface area contributed by atoms with E-state index >= 15 is 0 Å². The first-order chi connectivity index (χ1) is 15.8. The van der Waals surface area contributed by atoms with Crippen molar-refractivity contribution in [2.24, 2.45) is 0 Å². The standard InChI is InChI=1S/C23H28O10/c1-6-7-16-20(30-12(2)24)22(31-13(3)25)21-19(32-16)11-29-23(33-21)15-9-18(27-5)17(26-4)8-14(15)10-28-23/h6,8-9,16,19-22H,1,7,10-11H2,2-5H3/t16-,19-,20+,21-,22-,23+/m1/s1. The van der Waals surface area contributed by atoms with Crippen LogP contribution >= 0.6 is 0 Å². The fourth-order valence-corrected chi connectivity index (χ4v) is 4.48. The van der Waals surface area contributed by atoms with E-state index < -0.39 is 48.4 Å². The predicted molar refractivity (Wildman–Crippen MR) is 111 cm³/mol. The Bertz CT molecular complexity index is 930. The lowest BCUT2D eigenvalue weighted by atomic mass is 9.91. The van der Waals surface area contributed by atoms with E-state index in [1.54, 1.807) is 25.3 Å². The van der Waals surface area contributed by atoms with Gasteiger partial charge in [-0.05, 0) is 24.1 Å². The van der Waals surface area contributed by atoms with E-state index in [0.717, 1.165) is 5.56 Å². The van der Waals surface area contributed by atoms with Gasteiger partial charge in [0.1, 0.15) is 18.3 Å². The quantitative estimate of drug-likeness (QED) is 0.458. The summed E-state index contributed by atoms with van der Waals surface area (Å²) in [5.74, 6) is -1.61. The highest BCUT2D eigenvalue weighted by molar-refractivity contribution is 5.67. The smallest absolute Gasteiger partial charge is 0.313 e. The van der Waals surface area contributed by atoms with Gasteiger partial charge >= 0.3 is 17.9 Å². The monoisotopic (exact) mass is 464 g/mol. The number of ether oxygens (including phenoxy) is 8. The first-order valence-electron chi connectivity index (χ1n) is 10.6. The molecule has 1 aromatic carbocycles. The lowest BCUT2D eigenvalue weighted by Gasteiger charge is -2.50. The van der Waals surface area contributed by atoms with Crippen LogP contribution in [0.2, 0.25) is 0 Å².